The van der Waals surface area contributed by atoms with Gasteiger partial charge in [0.15, 0.2) is 11.6 Å². The molecule has 3 rings (SSSR count). The van der Waals surface area contributed by atoms with Gasteiger partial charge in [-0.25, -0.2) is 13.6 Å². The second kappa shape index (κ2) is 6.74. The summed E-state index contributed by atoms with van der Waals surface area (Å²) in [6.07, 6.45) is 0.581. The molecule has 0 unspecified atom stereocenters. The van der Waals surface area contributed by atoms with Crippen LogP contribution >= 0.6 is 0 Å². The lowest BCUT2D eigenvalue weighted by Crippen LogP contribution is -2.44. The van der Waals surface area contributed by atoms with Crippen LogP contribution in [0.2, 0.25) is 0 Å². The highest BCUT2D eigenvalue weighted by Gasteiger charge is 2.22. The Morgan fingerprint density at radius 3 is 2.79 bits per heavy atom. The largest absolute Gasteiger partial charge is 0.497 e. The first kappa shape index (κ1) is 16.0. The average Bonchev–Trinajstić information content (AvgIpc) is 2.57. The Kier molecular flexibility index (Phi) is 4.50. The summed E-state index contributed by atoms with van der Waals surface area (Å²) in [5.74, 6) is -0.513. The lowest BCUT2D eigenvalue weighted by molar-refractivity contribution is 0.222. The van der Waals surface area contributed by atoms with E-state index in [1.807, 2.05) is 18.2 Å². The number of fused-ring (bicyclic) bond motifs is 1. The maximum absolute atomic E-state index is 13.1. The van der Waals surface area contributed by atoms with Gasteiger partial charge in [-0.3, -0.25) is 0 Å². The van der Waals surface area contributed by atoms with E-state index in [1.54, 1.807) is 7.11 Å². The fourth-order valence-electron chi connectivity index (χ4n) is 2.52. The molecule has 0 radical (unpaired) electrons. The first-order valence-electron chi connectivity index (χ1n) is 7.37. The van der Waals surface area contributed by atoms with E-state index in [0.717, 1.165) is 23.4 Å². The zero-order valence-electron chi connectivity index (χ0n) is 12.9. The Bertz CT molecular complexity index is 767. The molecule has 0 saturated carbocycles. The third-order valence-corrected chi connectivity index (χ3v) is 3.69. The Morgan fingerprint density at radius 2 is 2.04 bits per heavy atom. The summed E-state index contributed by atoms with van der Waals surface area (Å²) in [6, 6.07) is 7.90. The van der Waals surface area contributed by atoms with Crippen LogP contribution in [0, 0.1) is 11.6 Å². The molecular formula is C17H16F2N2O3. The van der Waals surface area contributed by atoms with Gasteiger partial charge >= 0.3 is 6.03 Å². The van der Waals surface area contributed by atoms with Crippen LogP contribution in [0.25, 0.3) is 0 Å². The van der Waals surface area contributed by atoms with Crippen molar-refractivity contribution < 1.29 is 23.0 Å². The van der Waals surface area contributed by atoms with Crippen molar-refractivity contribution in [1.29, 1.82) is 0 Å². The number of urea groups is 1. The van der Waals surface area contributed by atoms with E-state index in [-0.39, 0.29) is 11.7 Å². The number of ether oxygens (including phenoxy) is 2. The minimum atomic E-state index is -1.02. The second-order valence-electron chi connectivity index (χ2n) is 5.41. The summed E-state index contributed by atoms with van der Waals surface area (Å²) >= 11 is 0. The van der Waals surface area contributed by atoms with E-state index in [4.69, 9.17) is 9.47 Å². The van der Waals surface area contributed by atoms with Crippen LogP contribution in [0.15, 0.2) is 36.4 Å². The Labute approximate surface area is 137 Å². The lowest BCUT2D eigenvalue weighted by Gasteiger charge is -2.26. The van der Waals surface area contributed by atoms with E-state index >= 15 is 0 Å². The van der Waals surface area contributed by atoms with Gasteiger partial charge in [0.05, 0.1) is 13.2 Å². The van der Waals surface area contributed by atoms with Crippen molar-refractivity contribution >= 4 is 11.7 Å². The fraction of sp³-hybridized carbons (Fsp3) is 0.235. The number of carbonyl (C=O) groups excluding carboxylic acids is 1. The number of methoxy groups -OCH3 is 1. The predicted octanol–water partition coefficient (Wildman–Crippen LogP) is 3.10. The molecule has 0 saturated heterocycles. The minimum Gasteiger partial charge on any atom is -0.497 e. The van der Waals surface area contributed by atoms with Crippen molar-refractivity contribution in [1.82, 2.24) is 5.32 Å². The molecule has 5 nitrogen and oxygen atoms in total. The molecule has 0 fully saturated rings. The Morgan fingerprint density at radius 1 is 1.21 bits per heavy atom. The molecule has 0 bridgehead atoms. The Hall–Kier alpha value is -2.83. The summed E-state index contributed by atoms with van der Waals surface area (Å²) in [6.45, 7) is 0.324. The van der Waals surface area contributed by atoms with Crippen molar-refractivity contribution in [2.45, 2.75) is 12.5 Å². The van der Waals surface area contributed by atoms with E-state index in [0.29, 0.717) is 18.8 Å². The molecule has 1 atom stereocenters. The average molecular weight is 334 g/mol. The minimum absolute atomic E-state index is 0.171. The monoisotopic (exact) mass is 334 g/mol. The molecule has 0 spiro atoms. The maximum atomic E-state index is 13.1. The number of amides is 2. The molecule has 2 amide bonds. The van der Waals surface area contributed by atoms with Gasteiger partial charge in [0.1, 0.15) is 18.1 Å². The fourth-order valence-corrected chi connectivity index (χ4v) is 2.52. The van der Waals surface area contributed by atoms with Gasteiger partial charge in [0, 0.05) is 11.8 Å². The van der Waals surface area contributed by atoms with Gasteiger partial charge in [0.25, 0.3) is 0 Å². The first-order valence-corrected chi connectivity index (χ1v) is 7.37. The highest BCUT2D eigenvalue weighted by Crippen LogP contribution is 2.28. The van der Waals surface area contributed by atoms with Crippen LogP contribution in [0.1, 0.15) is 5.56 Å². The van der Waals surface area contributed by atoms with Gasteiger partial charge in [-0.15, -0.1) is 0 Å². The van der Waals surface area contributed by atoms with Crippen molar-refractivity contribution in [3.05, 3.63) is 53.6 Å². The molecule has 24 heavy (non-hydrogen) atoms. The quantitative estimate of drug-likeness (QED) is 0.907. The molecule has 2 aromatic rings. The van der Waals surface area contributed by atoms with Crippen molar-refractivity contribution in [2.24, 2.45) is 0 Å². The highest BCUT2D eigenvalue weighted by atomic mass is 19.2. The molecule has 2 N–H and O–H groups in total. The van der Waals surface area contributed by atoms with Gasteiger partial charge in [-0.2, -0.15) is 0 Å². The lowest BCUT2D eigenvalue weighted by atomic mass is 10.0. The number of hydrogen-bond acceptors (Lipinski definition) is 3. The molecule has 0 aromatic heterocycles. The van der Waals surface area contributed by atoms with Crippen LogP contribution in [0.3, 0.4) is 0 Å². The topological polar surface area (TPSA) is 59.6 Å². The maximum Gasteiger partial charge on any atom is 0.319 e. The molecule has 7 heteroatoms. The summed E-state index contributed by atoms with van der Waals surface area (Å²) in [7, 11) is 1.58. The number of rotatable bonds is 3. The van der Waals surface area contributed by atoms with E-state index in [9.17, 15) is 13.6 Å². The van der Waals surface area contributed by atoms with E-state index < -0.39 is 17.7 Å². The van der Waals surface area contributed by atoms with Gasteiger partial charge in [-0.05, 0) is 42.3 Å². The SMILES string of the molecule is COc1ccc2c(c1)C[C@H](NC(=O)Nc1ccc(F)c(F)c1)CO2. The standard InChI is InChI=1S/C17H16F2N2O3/c1-23-13-3-5-16-10(7-13)6-12(9-24-16)21-17(22)20-11-2-4-14(18)15(19)8-11/h2-5,7-8,12H,6,9H2,1H3,(H2,20,21,22)/t12-/m0/s1. The smallest absolute Gasteiger partial charge is 0.319 e. The molecule has 2 aromatic carbocycles. The molecular weight excluding hydrogens is 318 g/mol. The van der Waals surface area contributed by atoms with Crippen LogP contribution < -0.4 is 20.1 Å². The summed E-state index contributed by atoms with van der Waals surface area (Å²) in [4.78, 5) is 12.0. The highest BCUT2D eigenvalue weighted by molar-refractivity contribution is 5.89. The number of anilines is 1. The third kappa shape index (κ3) is 3.56. The van der Waals surface area contributed by atoms with Crippen molar-refractivity contribution in [3.63, 3.8) is 0 Å². The molecule has 1 aliphatic heterocycles. The van der Waals surface area contributed by atoms with Crippen LogP contribution in [0.4, 0.5) is 19.3 Å². The van der Waals surface area contributed by atoms with Crippen LogP contribution in [-0.2, 0) is 6.42 Å². The third-order valence-electron chi connectivity index (χ3n) is 3.69. The predicted molar refractivity (Wildman–Crippen MR) is 84.5 cm³/mol. The number of benzene rings is 2. The zero-order chi connectivity index (χ0) is 17.1. The van der Waals surface area contributed by atoms with Gasteiger partial charge in [0.2, 0.25) is 0 Å². The molecule has 126 valence electrons. The summed E-state index contributed by atoms with van der Waals surface area (Å²) in [5.41, 5.74) is 1.10. The van der Waals surface area contributed by atoms with Crippen LogP contribution in [-0.4, -0.2) is 25.8 Å². The number of hydrogen-bond donors (Lipinski definition) is 2. The first-order chi connectivity index (χ1) is 11.5. The zero-order valence-corrected chi connectivity index (χ0v) is 12.9. The number of halogens is 2. The Balaban J connectivity index is 1.61. The van der Waals surface area contributed by atoms with Gasteiger partial charge in [-0.1, -0.05) is 0 Å². The molecule has 0 aliphatic carbocycles. The normalized spacial score (nSPS) is 15.9. The molecule has 1 aliphatic rings. The number of nitrogens with one attached hydrogen (secondary N) is 2. The van der Waals surface area contributed by atoms with Crippen molar-refractivity contribution in [3.8, 4) is 11.5 Å². The van der Waals surface area contributed by atoms with E-state index in [2.05, 4.69) is 10.6 Å². The van der Waals surface area contributed by atoms with Gasteiger partial charge < -0.3 is 20.1 Å². The second-order valence-corrected chi connectivity index (χ2v) is 5.41. The summed E-state index contributed by atoms with van der Waals surface area (Å²) < 4.78 is 36.8. The van der Waals surface area contributed by atoms with Crippen molar-refractivity contribution in [2.75, 3.05) is 19.0 Å². The molecule has 1 heterocycles. The van der Waals surface area contributed by atoms with Crippen LogP contribution in [0.5, 0.6) is 11.5 Å². The summed E-state index contributed by atoms with van der Waals surface area (Å²) in [5, 5.41) is 5.21. The number of carbonyl (C=O) groups is 1. The van der Waals surface area contributed by atoms with E-state index in [1.165, 1.54) is 6.07 Å².